The molecular weight excluding hydrogens is 402 g/mol. The Kier molecular flexibility index (Phi) is 7.15. The minimum absolute atomic E-state index is 0.0224. The molecule has 0 heterocycles. The van der Waals surface area contributed by atoms with Crippen molar-refractivity contribution in [3.8, 4) is 0 Å². The summed E-state index contributed by atoms with van der Waals surface area (Å²) in [5.41, 5.74) is 4.16. The van der Waals surface area contributed by atoms with Crippen molar-refractivity contribution in [3.63, 3.8) is 0 Å². The molecule has 0 aromatic heterocycles. The van der Waals surface area contributed by atoms with Crippen LogP contribution in [0.2, 0.25) is 0 Å². The van der Waals surface area contributed by atoms with E-state index in [0.29, 0.717) is 17.8 Å². The molecule has 0 aromatic rings. The molecule has 2 N–H and O–H groups in total. The van der Waals surface area contributed by atoms with Crippen LogP contribution in [0.3, 0.4) is 0 Å². The van der Waals surface area contributed by atoms with E-state index in [1.807, 2.05) is 0 Å². The minimum atomic E-state index is -0.697. The fraction of sp³-hybridized carbons (Fsp3) is 0.581. The first-order valence-corrected chi connectivity index (χ1v) is 13.2. The molecule has 0 aliphatic heterocycles. The summed E-state index contributed by atoms with van der Waals surface area (Å²) in [7, 11) is 0. The average molecular weight is 446 g/mol. The van der Waals surface area contributed by atoms with Crippen LogP contribution in [0.25, 0.3) is 0 Å². The molecule has 4 aliphatic carbocycles. The van der Waals surface area contributed by atoms with E-state index >= 15 is 0 Å². The largest absolute Gasteiger partial charge is 0.385 e. The molecule has 0 saturated heterocycles. The van der Waals surface area contributed by atoms with Crippen LogP contribution in [0, 0.1) is 34.5 Å². The van der Waals surface area contributed by atoms with E-state index in [1.165, 1.54) is 43.0 Å². The summed E-state index contributed by atoms with van der Waals surface area (Å²) in [5.74, 6) is 1.70. The van der Waals surface area contributed by atoms with E-state index in [-0.39, 0.29) is 11.3 Å². The van der Waals surface area contributed by atoms with Crippen molar-refractivity contribution in [2.45, 2.75) is 84.2 Å². The molecule has 0 radical (unpaired) electrons. The second-order valence-corrected chi connectivity index (χ2v) is 11.3. The van der Waals surface area contributed by atoms with Gasteiger partial charge in [-0.1, -0.05) is 75.0 Å². The summed E-state index contributed by atoms with van der Waals surface area (Å²) in [4.78, 5) is 0. The van der Waals surface area contributed by atoms with Crippen molar-refractivity contribution in [1.82, 2.24) is 0 Å². The van der Waals surface area contributed by atoms with E-state index in [4.69, 9.17) is 5.41 Å². The van der Waals surface area contributed by atoms with Crippen molar-refractivity contribution in [1.29, 1.82) is 5.41 Å². The van der Waals surface area contributed by atoms with Crippen LogP contribution in [-0.2, 0) is 0 Å². The normalized spacial score (nSPS) is 37.6. The van der Waals surface area contributed by atoms with Gasteiger partial charge >= 0.3 is 0 Å². The Morgan fingerprint density at radius 3 is 2.79 bits per heavy atom. The molecule has 4 rings (SSSR count). The fourth-order valence-corrected chi connectivity index (χ4v) is 7.44. The summed E-state index contributed by atoms with van der Waals surface area (Å²) < 4.78 is 0. The Bertz CT molecular complexity index is 931. The molecule has 6 atom stereocenters. The summed E-state index contributed by atoms with van der Waals surface area (Å²) in [6.07, 6.45) is 27.5. The van der Waals surface area contributed by atoms with Gasteiger partial charge in [0.1, 0.15) is 0 Å². The van der Waals surface area contributed by atoms with Crippen molar-refractivity contribution >= 4 is 6.21 Å². The Labute approximate surface area is 201 Å². The van der Waals surface area contributed by atoms with Crippen LogP contribution >= 0.6 is 0 Å². The maximum Gasteiger partial charge on any atom is 0.0927 e. The lowest BCUT2D eigenvalue weighted by Gasteiger charge is -2.49. The molecule has 178 valence electrons. The monoisotopic (exact) mass is 445 g/mol. The van der Waals surface area contributed by atoms with Crippen molar-refractivity contribution < 1.29 is 5.11 Å². The predicted molar refractivity (Wildman–Crippen MR) is 140 cm³/mol. The van der Waals surface area contributed by atoms with Crippen molar-refractivity contribution in [2.75, 3.05) is 0 Å². The number of allylic oxidation sites excluding steroid dienone is 9. The van der Waals surface area contributed by atoms with Gasteiger partial charge in [0.05, 0.1) is 5.60 Å². The van der Waals surface area contributed by atoms with E-state index < -0.39 is 5.60 Å². The van der Waals surface area contributed by atoms with E-state index in [9.17, 15) is 5.11 Å². The van der Waals surface area contributed by atoms with Crippen LogP contribution in [-0.4, -0.2) is 16.9 Å². The van der Waals surface area contributed by atoms with Crippen LogP contribution in [0.1, 0.15) is 78.6 Å². The van der Waals surface area contributed by atoms with E-state index in [2.05, 4.69) is 69.9 Å². The third kappa shape index (κ3) is 4.56. The highest BCUT2D eigenvalue weighted by atomic mass is 16.3. The molecule has 0 aromatic carbocycles. The third-order valence-corrected chi connectivity index (χ3v) is 9.21. The van der Waals surface area contributed by atoms with Crippen molar-refractivity contribution in [3.05, 3.63) is 71.4 Å². The Balaban J connectivity index is 1.68. The highest BCUT2D eigenvalue weighted by Crippen LogP contribution is 2.62. The molecule has 2 fully saturated rings. The van der Waals surface area contributed by atoms with Gasteiger partial charge in [-0.25, -0.2) is 0 Å². The average Bonchev–Trinajstić information content (AvgIpc) is 3.08. The fourth-order valence-electron chi connectivity index (χ4n) is 7.44. The zero-order valence-electron chi connectivity index (χ0n) is 20.9. The van der Waals surface area contributed by atoms with Gasteiger partial charge < -0.3 is 10.5 Å². The molecular formula is C31H43NO. The smallest absolute Gasteiger partial charge is 0.0927 e. The van der Waals surface area contributed by atoms with Gasteiger partial charge in [-0.2, -0.15) is 0 Å². The summed E-state index contributed by atoms with van der Waals surface area (Å²) in [6, 6.07) is 0. The number of hydrogen-bond acceptors (Lipinski definition) is 2. The molecule has 0 amide bonds. The molecule has 0 spiro atoms. The summed E-state index contributed by atoms with van der Waals surface area (Å²) >= 11 is 0. The van der Waals surface area contributed by atoms with Gasteiger partial charge in [-0.05, 0) is 104 Å². The first kappa shape index (κ1) is 24.2. The topological polar surface area (TPSA) is 44.1 Å². The number of rotatable bonds is 6. The first-order chi connectivity index (χ1) is 15.8. The van der Waals surface area contributed by atoms with Gasteiger partial charge in [0.15, 0.2) is 0 Å². The van der Waals surface area contributed by atoms with Crippen LogP contribution in [0.15, 0.2) is 71.4 Å². The van der Waals surface area contributed by atoms with Crippen molar-refractivity contribution in [2.24, 2.45) is 29.1 Å². The highest BCUT2D eigenvalue weighted by molar-refractivity contribution is 5.79. The molecule has 0 bridgehead atoms. The predicted octanol–water partition coefficient (Wildman–Crippen LogP) is 7.89. The lowest BCUT2D eigenvalue weighted by Crippen LogP contribution is -2.49. The van der Waals surface area contributed by atoms with Gasteiger partial charge in [0.25, 0.3) is 0 Å². The first-order valence-electron chi connectivity index (χ1n) is 13.2. The minimum Gasteiger partial charge on any atom is -0.385 e. The SMILES string of the molecule is C=C(C=N)/C=C(\C=C/C(C)/C=C\C)C1CCC2C1(C)CC=C1C=C3CCCCC3CC[C@@]12O. The van der Waals surface area contributed by atoms with Crippen LogP contribution in [0.4, 0.5) is 0 Å². The summed E-state index contributed by atoms with van der Waals surface area (Å²) in [5, 5.41) is 19.9. The maximum atomic E-state index is 12.3. The number of hydrogen-bond donors (Lipinski definition) is 2. The molecule has 5 unspecified atom stereocenters. The van der Waals surface area contributed by atoms with Crippen LogP contribution in [0.5, 0.6) is 0 Å². The summed E-state index contributed by atoms with van der Waals surface area (Å²) in [6.45, 7) is 10.7. The van der Waals surface area contributed by atoms with Gasteiger partial charge in [0, 0.05) is 6.21 Å². The Morgan fingerprint density at radius 2 is 2.03 bits per heavy atom. The zero-order valence-corrected chi connectivity index (χ0v) is 20.9. The molecule has 4 aliphatic rings. The number of fused-ring (bicyclic) bond motifs is 4. The van der Waals surface area contributed by atoms with E-state index in [0.717, 1.165) is 37.7 Å². The number of nitrogens with one attached hydrogen (secondary N) is 1. The standard InChI is InChI=1S/C31H43NO/c1-5-8-22(2)11-12-26(19-23(3)21-32)28-13-14-29-30(28,4)17-16-27-20-25-10-7-6-9-24(25)15-18-31(27,29)33/h5,8,11-12,16,19-22,24,28-29,32-33H,3,6-7,9-10,13-15,17-18H2,1-2,4H3/b8-5-,12-11-,26-19+,32-21?/t22?,24?,28?,29?,30?,31-/m1/s1. The molecule has 2 heteroatoms. The van der Waals surface area contributed by atoms with Crippen LogP contribution < -0.4 is 0 Å². The van der Waals surface area contributed by atoms with Gasteiger partial charge in [-0.15, -0.1) is 0 Å². The molecule has 2 saturated carbocycles. The number of aliphatic hydroxyl groups is 1. The maximum absolute atomic E-state index is 12.3. The molecule has 33 heavy (non-hydrogen) atoms. The highest BCUT2D eigenvalue weighted by Gasteiger charge is 2.58. The lowest BCUT2D eigenvalue weighted by atomic mass is 9.57. The quantitative estimate of drug-likeness (QED) is 0.244. The molecule has 2 nitrogen and oxygen atoms in total. The Morgan fingerprint density at radius 1 is 1.21 bits per heavy atom. The van der Waals surface area contributed by atoms with Gasteiger partial charge in [-0.3, -0.25) is 0 Å². The zero-order chi connectivity index (χ0) is 23.6. The van der Waals surface area contributed by atoms with Gasteiger partial charge in [0.2, 0.25) is 0 Å². The lowest BCUT2D eigenvalue weighted by molar-refractivity contribution is -0.0506. The Hall–Kier alpha value is -1.93. The third-order valence-electron chi connectivity index (χ3n) is 9.21. The van der Waals surface area contributed by atoms with E-state index in [1.54, 1.807) is 5.57 Å². The second-order valence-electron chi connectivity index (χ2n) is 11.3. The second kappa shape index (κ2) is 9.74.